The topological polar surface area (TPSA) is 82.1 Å². The second-order valence-electron chi connectivity index (χ2n) is 4.25. The van der Waals surface area contributed by atoms with E-state index < -0.39 is 8.03 Å². The molecule has 0 bridgehead atoms. The van der Waals surface area contributed by atoms with E-state index in [1.807, 2.05) is 24.3 Å². The van der Waals surface area contributed by atoms with E-state index in [0.29, 0.717) is 5.13 Å². The first-order valence-corrected chi connectivity index (χ1v) is 8.04. The lowest BCUT2D eigenvalue weighted by molar-refractivity contribution is -0.160. The average molecular weight is 316 g/mol. The van der Waals surface area contributed by atoms with Gasteiger partial charge in [0.15, 0.2) is 10.4 Å². The number of nitrogens with zero attached hydrogens (tertiary/aromatic N) is 1. The van der Waals surface area contributed by atoms with E-state index in [1.54, 1.807) is 6.07 Å². The van der Waals surface area contributed by atoms with Crippen molar-refractivity contribution in [1.29, 1.82) is 0 Å². The number of carbonyl (C=O) groups is 1. The van der Waals surface area contributed by atoms with Crippen molar-refractivity contribution >= 4 is 45.9 Å². The van der Waals surface area contributed by atoms with Gasteiger partial charge in [-0.1, -0.05) is 34.1 Å². The monoisotopic (exact) mass is 316 g/mol. The predicted octanol–water partition coefficient (Wildman–Crippen LogP) is 2.28. The minimum atomic E-state index is -2.71. The quantitative estimate of drug-likeness (QED) is 0.752. The Hall–Kier alpha value is -2.14. The molecule has 1 N–H and O–H groups in total. The maximum absolute atomic E-state index is 12.1. The van der Waals surface area contributed by atoms with E-state index >= 15 is 0 Å². The lowest BCUT2D eigenvalue weighted by Crippen LogP contribution is -2.14. The first kappa shape index (κ1) is 13.8. The third-order valence-corrected chi connectivity index (χ3v) is 4.49. The number of anilines is 1. The van der Waals surface area contributed by atoms with Crippen LogP contribution in [0.2, 0.25) is 0 Å². The highest BCUT2D eigenvalue weighted by atomic mass is 32.1. The van der Waals surface area contributed by atoms with Gasteiger partial charge in [-0.2, -0.15) is 0 Å². The van der Waals surface area contributed by atoms with E-state index in [2.05, 4.69) is 10.3 Å². The van der Waals surface area contributed by atoms with Gasteiger partial charge >= 0.3 is 8.03 Å². The van der Waals surface area contributed by atoms with Crippen LogP contribution < -0.4 is 15.5 Å². The molecule has 3 rings (SSSR count). The first-order chi connectivity index (χ1) is 10.1. The molecule has 0 aliphatic rings. The minimum absolute atomic E-state index is 0.113. The first-order valence-electron chi connectivity index (χ1n) is 6.05. The highest BCUT2D eigenvalue weighted by Crippen LogP contribution is 2.25. The summed E-state index contributed by atoms with van der Waals surface area (Å²) >= 11 is 1.37. The fourth-order valence-electron chi connectivity index (χ4n) is 1.86. The van der Waals surface area contributed by atoms with Crippen molar-refractivity contribution < 1.29 is 14.3 Å². The maximum atomic E-state index is 12.1. The summed E-state index contributed by atoms with van der Waals surface area (Å²) in [5, 5.41) is 3.28. The Morgan fingerprint density at radius 1 is 1.19 bits per heavy atom. The fourth-order valence-corrected chi connectivity index (χ4v) is 3.17. The fraction of sp³-hybridized carbons (Fsp3) is 0. The third-order valence-electron chi connectivity index (χ3n) is 2.83. The van der Waals surface area contributed by atoms with Gasteiger partial charge in [0.1, 0.15) is 0 Å². The molecular formula is C14H9N2O3PS. The summed E-state index contributed by atoms with van der Waals surface area (Å²) in [4.78, 5) is 27.4. The minimum Gasteiger partial charge on any atom is -0.591 e. The van der Waals surface area contributed by atoms with Crippen molar-refractivity contribution in [1.82, 2.24) is 4.98 Å². The molecule has 3 aromatic rings. The number of rotatable bonds is 3. The lowest BCUT2D eigenvalue weighted by Gasteiger charge is -2.01. The number of nitrogens with one attached hydrogen (secondary N) is 1. The molecule has 7 heteroatoms. The molecule has 1 atom stereocenters. The van der Waals surface area contributed by atoms with Crippen LogP contribution in [-0.4, -0.2) is 10.9 Å². The van der Waals surface area contributed by atoms with Gasteiger partial charge in [0.2, 0.25) is 0 Å². The van der Waals surface area contributed by atoms with Crippen LogP contribution in [0.3, 0.4) is 0 Å². The smallest absolute Gasteiger partial charge is 0.348 e. The van der Waals surface area contributed by atoms with Gasteiger partial charge < -0.3 is 4.89 Å². The van der Waals surface area contributed by atoms with Crippen LogP contribution in [0.1, 0.15) is 10.4 Å². The van der Waals surface area contributed by atoms with Crippen molar-refractivity contribution in [3.8, 4) is 0 Å². The highest BCUT2D eigenvalue weighted by molar-refractivity contribution is 7.45. The molecule has 104 valence electrons. The number of benzene rings is 2. The molecule has 1 amide bonds. The normalized spacial score (nSPS) is 11.4. The zero-order valence-corrected chi connectivity index (χ0v) is 12.4. The van der Waals surface area contributed by atoms with Gasteiger partial charge in [0.25, 0.3) is 5.91 Å². The lowest BCUT2D eigenvalue weighted by atomic mass is 10.2. The summed E-state index contributed by atoms with van der Waals surface area (Å²) in [5.41, 5.74) is 1.10. The summed E-state index contributed by atoms with van der Waals surface area (Å²) in [7, 11) is -2.71. The summed E-state index contributed by atoms with van der Waals surface area (Å²) < 4.78 is 11.9. The molecule has 0 fully saturated rings. The zero-order valence-electron chi connectivity index (χ0n) is 10.6. The van der Waals surface area contributed by atoms with Crippen molar-refractivity contribution in [3.05, 3.63) is 54.1 Å². The zero-order chi connectivity index (χ0) is 14.8. The Labute approximate surface area is 125 Å². The molecule has 1 unspecified atom stereocenters. The van der Waals surface area contributed by atoms with E-state index in [0.717, 1.165) is 10.2 Å². The van der Waals surface area contributed by atoms with E-state index in [9.17, 15) is 14.3 Å². The molecular weight excluding hydrogens is 307 g/mol. The summed E-state index contributed by atoms with van der Waals surface area (Å²) in [5.74, 6) is -0.382. The average Bonchev–Trinajstić information content (AvgIpc) is 2.89. The molecule has 0 radical (unpaired) electrons. The Bertz CT molecular complexity index is 814. The van der Waals surface area contributed by atoms with Gasteiger partial charge in [0.05, 0.1) is 10.2 Å². The number of thiazole rings is 1. The Kier molecular flexibility index (Phi) is 3.75. The molecule has 0 aliphatic heterocycles. The molecule has 5 nitrogen and oxygen atoms in total. The summed E-state index contributed by atoms with van der Waals surface area (Å²) in [6.07, 6.45) is 0. The van der Waals surface area contributed by atoms with Crippen molar-refractivity contribution in [2.75, 3.05) is 5.32 Å². The molecule has 2 aromatic carbocycles. The Morgan fingerprint density at radius 2 is 2.00 bits per heavy atom. The van der Waals surface area contributed by atoms with E-state index in [-0.39, 0.29) is 16.8 Å². The number of fused-ring (bicyclic) bond motifs is 1. The second-order valence-corrected chi connectivity index (χ2v) is 6.31. The maximum Gasteiger partial charge on any atom is 0.348 e. The van der Waals surface area contributed by atoms with Crippen LogP contribution in [0.5, 0.6) is 0 Å². The SMILES string of the molecule is O=C(Nc1nc2ccccc2s1)c1cccc([P+](=O)[O-])c1. The number of aromatic nitrogens is 1. The summed E-state index contributed by atoms with van der Waals surface area (Å²) in [6.45, 7) is 0. The molecule has 0 aliphatic carbocycles. The van der Waals surface area contributed by atoms with Crippen LogP contribution >= 0.6 is 19.4 Å². The highest BCUT2D eigenvalue weighted by Gasteiger charge is 2.13. The van der Waals surface area contributed by atoms with Crippen LogP contribution in [-0.2, 0) is 4.57 Å². The summed E-state index contributed by atoms with van der Waals surface area (Å²) in [6, 6.07) is 13.4. The van der Waals surface area contributed by atoms with Crippen LogP contribution in [0, 0.1) is 0 Å². The molecule has 1 aromatic heterocycles. The van der Waals surface area contributed by atoms with Crippen molar-refractivity contribution in [2.24, 2.45) is 0 Å². The molecule has 0 saturated carbocycles. The number of hydrogen-bond acceptors (Lipinski definition) is 5. The van der Waals surface area contributed by atoms with Crippen LogP contribution in [0.25, 0.3) is 10.2 Å². The van der Waals surface area contributed by atoms with E-state index in [1.165, 1.54) is 29.5 Å². The van der Waals surface area contributed by atoms with Crippen LogP contribution in [0.4, 0.5) is 5.13 Å². The van der Waals surface area contributed by atoms with Gasteiger partial charge in [-0.3, -0.25) is 10.1 Å². The Balaban J connectivity index is 1.85. The molecule has 21 heavy (non-hydrogen) atoms. The largest absolute Gasteiger partial charge is 0.591 e. The number of amides is 1. The van der Waals surface area contributed by atoms with Gasteiger partial charge in [-0.15, -0.1) is 0 Å². The van der Waals surface area contributed by atoms with Crippen molar-refractivity contribution in [3.63, 3.8) is 0 Å². The van der Waals surface area contributed by atoms with Crippen molar-refractivity contribution in [2.45, 2.75) is 0 Å². The molecule has 0 saturated heterocycles. The number of carbonyl (C=O) groups excluding carboxylic acids is 1. The van der Waals surface area contributed by atoms with Gasteiger partial charge in [-0.25, -0.2) is 4.98 Å². The molecule has 0 spiro atoms. The molecule has 1 heterocycles. The predicted molar refractivity (Wildman–Crippen MR) is 81.3 cm³/mol. The Morgan fingerprint density at radius 3 is 2.76 bits per heavy atom. The van der Waals surface area contributed by atoms with Gasteiger partial charge in [0, 0.05) is 11.6 Å². The van der Waals surface area contributed by atoms with Gasteiger partial charge in [-0.05, 0) is 24.3 Å². The third kappa shape index (κ3) is 2.97. The standard InChI is InChI=1S/C14H9N2O3PS/c17-13(9-4-3-5-10(8-9)20(18)19)16-14-15-11-6-1-2-7-12(11)21-14/h1-8H,(H,15,16,17). The number of para-hydroxylation sites is 1. The number of hydrogen-bond donors (Lipinski definition) is 1. The van der Waals surface area contributed by atoms with Crippen LogP contribution in [0.15, 0.2) is 48.5 Å². The second kappa shape index (κ2) is 5.69. The van der Waals surface area contributed by atoms with E-state index in [4.69, 9.17) is 0 Å².